The van der Waals surface area contributed by atoms with Gasteiger partial charge in [0.2, 0.25) is 5.91 Å². The Morgan fingerprint density at radius 3 is 2.83 bits per heavy atom. The molecule has 0 spiro atoms. The summed E-state index contributed by atoms with van der Waals surface area (Å²) in [6.45, 7) is 4.24. The molecule has 0 saturated carbocycles. The zero-order valence-corrected chi connectivity index (χ0v) is 21.2. The van der Waals surface area contributed by atoms with Gasteiger partial charge in [-0.25, -0.2) is 0 Å². The lowest BCUT2D eigenvalue weighted by atomic mass is 9.99. The molecule has 0 aliphatic carbocycles. The molecule has 0 fully saturated rings. The largest absolute Gasteiger partial charge is 0.351 e. The van der Waals surface area contributed by atoms with Gasteiger partial charge in [-0.2, -0.15) is 0 Å². The fourth-order valence-corrected chi connectivity index (χ4v) is 5.67. The van der Waals surface area contributed by atoms with Crippen LogP contribution in [0.15, 0.2) is 72.0 Å². The summed E-state index contributed by atoms with van der Waals surface area (Å²) in [7, 11) is 2.11. The van der Waals surface area contributed by atoms with Crippen molar-refractivity contribution in [3.63, 3.8) is 0 Å². The molecule has 7 nitrogen and oxygen atoms in total. The molecule has 2 amide bonds. The van der Waals surface area contributed by atoms with Crippen molar-refractivity contribution in [1.82, 2.24) is 15.2 Å². The second-order valence-electron chi connectivity index (χ2n) is 9.30. The highest BCUT2D eigenvalue weighted by molar-refractivity contribution is 8.15. The highest BCUT2D eigenvalue weighted by atomic mass is 32.2. The lowest BCUT2D eigenvalue weighted by Crippen LogP contribution is -2.36. The molecule has 184 valence electrons. The van der Waals surface area contributed by atoms with E-state index < -0.39 is 0 Å². The molecule has 2 aliphatic rings. The van der Waals surface area contributed by atoms with E-state index in [1.807, 2.05) is 43.3 Å². The SMILES string of the molecule is CC1N=C(c2cccnc2)SC1C(=O)NCc1cccc(C(=O)Nc2ccc3c(c2)CN(C)CC3)c1. The average Bonchev–Trinajstić information content (AvgIpc) is 3.29. The first kappa shape index (κ1) is 24.2. The molecule has 2 N–H and O–H groups in total. The van der Waals surface area contributed by atoms with E-state index in [2.05, 4.69) is 44.7 Å². The molecule has 3 heterocycles. The molecule has 36 heavy (non-hydrogen) atoms. The summed E-state index contributed by atoms with van der Waals surface area (Å²) in [5.41, 5.74) is 5.75. The van der Waals surface area contributed by atoms with Gasteiger partial charge in [0.25, 0.3) is 5.91 Å². The van der Waals surface area contributed by atoms with E-state index in [-0.39, 0.29) is 23.1 Å². The quantitative estimate of drug-likeness (QED) is 0.537. The molecule has 3 aromatic rings. The van der Waals surface area contributed by atoms with Crippen LogP contribution in [0.3, 0.4) is 0 Å². The Morgan fingerprint density at radius 1 is 1.11 bits per heavy atom. The third-order valence-corrected chi connectivity index (χ3v) is 7.91. The molecule has 8 heteroatoms. The number of aromatic nitrogens is 1. The maximum Gasteiger partial charge on any atom is 0.255 e. The minimum atomic E-state index is -0.297. The Hall–Kier alpha value is -3.49. The first-order valence-corrected chi connectivity index (χ1v) is 13.0. The van der Waals surface area contributed by atoms with Gasteiger partial charge >= 0.3 is 0 Å². The monoisotopic (exact) mass is 499 g/mol. The molecule has 0 bridgehead atoms. The number of thioether (sulfide) groups is 1. The standard InChI is InChI=1S/C28H29N5O2S/c1-18-25(36-28(31-18)22-7-4-11-29-16-22)27(35)30-15-19-5-3-6-21(13-19)26(34)32-24-9-8-20-10-12-33(2)17-23(20)14-24/h3-9,11,13-14,16,18,25H,10,12,15,17H2,1-2H3,(H,30,35)(H,32,34). The predicted octanol–water partition coefficient (Wildman–Crippen LogP) is 3.89. The number of nitrogens with zero attached hydrogens (tertiary/aromatic N) is 3. The molecular weight excluding hydrogens is 470 g/mol. The molecular formula is C28H29N5O2S. The van der Waals surface area contributed by atoms with Crippen LogP contribution in [0.4, 0.5) is 5.69 Å². The Bertz CT molecular complexity index is 1310. The number of fused-ring (bicyclic) bond motifs is 1. The number of carbonyl (C=O) groups excluding carboxylic acids is 2. The van der Waals surface area contributed by atoms with E-state index in [1.54, 1.807) is 18.5 Å². The van der Waals surface area contributed by atoms with Gasteiger partial charge < -0.3 is 15.5 Å². The number of aliphatic imine (C=N–C) groups is 1. The number of pyridine rings is 1. The van der Waals surface area contributed by atoms with Gasteiger partial charge in [-0.05, 0) is 73.5 Å². The summed E-state index contributed by atoms with van der Waals surface area (Å²) in [5.74, 6) is -0.231. The van der Waals surface area contributed by atoms with Gasteiger partial charge in [-0.15, -0.1) is 0 Å². The molecule has 0 saturated heterocycles. The van der Waals surface area contributed by atoms with Crippen LogP contribution in [-0.4, -0.2) is 51.6 Å². The van der Waals surface area contributed by atoms with Crippen molar-refractivity contribution in [3.05, 3.63) is 94.8 Å². The lowest BCUT2D eigenvalue weighted by molar-refractivity contribution is -0.120. The van der Waals surface area contributed by atoms with Crippen LogP contribution in [0, 0.1) is 0 Å². The topological polar surface area (TPSA) is 86.7 Å². The number of hydrogen-bond acceptors (Lipinski definition) is 6. The summed E-state index contributed by atoms with van der Waals surface area (Å²) in [6.07, 6.45) is 4.51. The van der Waals surface area contributed by atoms with Crippen LogP contribution in [0.5, 0.6) is 0 Å². The lowest BCUT2D eigenvalue weighted by Gasteiger charge is -2.25. The first-order chi connectivity index (χ1) is 17.5. The molecule has 2 aromatic carbocycles. The number of anilines is 1. The van der Waals surface area contributed by atoms with Gasteiger partial charge in [-0.1, -0.05) is 30.0 Å². The number of hydrogen-bond donors (Lipinski definition) is 2. The molecule has 2 unspecified atom stereocenters. The van der Waals surface area contributed by atoms with Gasteiger partial charge in [0.1, 0.15) is 10.3 Å². The van der Waals surface area contributed by atoms with Gasteiger partial charge in [0, 0.05) is 48.8 Å². The predicted molar refractivity (Wildman–Crippen MR) is 144 cm³/mol. The molecule has 2 atom stereocenters. The van der Waals surface area contributed by atoms with Crippen molar-refractivity contribution >= 4 is 34.3 Å². The molecule has 1 aromatic heterocycles. The van der Waals surface area contributed by atoms with Crippen LogP contribution in [0.25, 0.3) is 0 Å². The maximum atomic E-state index is 12.9. The zero-order chi connectivity index (χ0) is 25.1. The third kappa shape index (κ3) is 5.50. The van der Waals surface area contributed by atoms with Crippen LogP contribution in [0.2, 0.25) is 0 Å². The summed E-state index contributed by atoms with van der Waals surface area (Å²) >= 11 is 1.46. The third-order valence-electron chi connectivity index (χ3n) is 6.49. The average molecular weight is 500 g/mol. The summed E-state index contributed by atoms with van der Waals surface area (Å²) in [4.78, 5) is 36.9. The van der Waals surface area contributed by atoms with Crippen LogP contribution in [0.1, 0.15) is 39.5 Å². The fourth-order valence-electron chi connectivity index (χ4n) is 4.50. The van der Waals surface area contributed by atoms with E-state index in [9.17, 15) is 9.59 Å². The Balaban J connectivity index is 1.18. The van der Waals surface area contributed by atoms with Crippen molar-refractivity contribution < 1.29 is 9.59 Å². The van der Waals surface area contributed by atoms with E-state index in [1.165, 1.54) is 22.9 Å². The number of nitrogens with one attached hydrogen (secondary N) is 2. The Labute approximate surface area is 215 Å². The number of likely N-dealkylation sites (N-methyl/N-ethyl adjacent to an activating group) is 1. The summed E-state index contributed by atoms with van der Waals surface area (Å²) in [6, 6.07) is 17.2. The van der Waals surface area contributed by atoms with Crippen molar-refractivity contribution in [3.8, 4) is 0 Å². The fraction of sp³-hybridized carbons (Fsp3) is 0.286. The van der Waals surface area contributed by atoms with Gasteiger partial charge in [-0.3, -0.25) is 19.6 Å². The number of rotatable bonds is 6. The molecule has 2 aliphatic heterocycles. The van der Waals surface area contributed by atoms with Crippen LogP contribution < -0.4 is 10.6 Å². The second-order valence-corrected chi connectivity index (χ2v) is 10.4. The Kier molecular flexibility index (Phi) is 7.16. The number of amides is 2. The summed E-state index contributed by atoms with van der Waals surface area (Å²) in [5, 5.41) is 6.57. The molecule has 5 rings (SSSR count). The first-order valence-electron chi connectivity index (χ1n) is 12.1. The van der Waals surface area contributed by atoms with Crippen molar-refractivity contribution in [2.75, 3.05) is 18.9 Å². The van der Waals surface area contributed by atoms with Crippen molar-refractivity contribution in [1.29, 1.82) is 0 Å². The highest BCUT2D eigenvalue weighted by Gasteiger charge is 2.33. The van der Waals surface area contributed by atoms with E-state index in [0.29, 0.717) is 12.1 Å². The minimum absolute atomic E-state index is 0.0657. The molecule has 0 radical (unpaired) electrons. The van der Waals surface area contributed by atoms with Gasteiger partial charge in [0.15, 0.2) is 0 Å². The van der Waals surface area contributed by atoms with Crippen molar-refractivity contribution in [2.45, 2.75) is 37.7 Å². The number of carbonyl (C=O) groups is 2. The van der Waals surface area contributed by atoms with Crippen molar-refractivity contribution in [2.24, 2.45) is 4.99 Å². The van der Waals surface area contributed by atoms with Gasteiger partial charge in [0.05, 0.1) is 6.04 Å². The maximum absolute atomic E-state index is 12.9. The highest BCUT2D eigenvalue weighted by Crippen LogP contribution is 2.30. The van der Waals surface area contributed by atoms with Crippen LogP contribution >= 0.6 is 11.8 Å². The summed E-state index contributed by atoms with van der Waals surface area (Å²) < 4.78 is 0. The smallest absolute Gasteiger partial charge is 0.255 e. The Morgan fingerprint density at radius 2 is 2.00 bits per heavy atom. The normalized spacial score (nSPS) is 19.3. The second kappa shape index (κ2) is 10.6. The minimum Gasteiger partial charge on any atom is -0.351 e. The van der Waals surface area contributed by atoms with E-state index >= 15 is 0 Å². The zero-order valence-electron chi connectivity index (χ0n) is 20.4. The van der Waals surface area contributed by atoms with E-state index in [4.69, 9.17) is 0 Å². The van der Waals surface area contributed by atoms with Crippen LogP contribution in [-0.2, 0) is 24.3 Å². The number of benzene rings is 2. The van der Waals surface area contributed by atoms with E-state index in [0.717, 1.165) is 41.4 Å².